The highest BCUT2D eigenvalue weighted by Crippen LogP contribution is 2.75. The number of carbonyl (C=O) groups excluding carboxylic acids is 8. The summed E-state index contributed by atoms with van der Waals surface area (Å²) in [7, 11) is -4.07. The molecule has 12 heterocycles. The lowest BCUT2D eigenvalue weighted by Gasteiger charge is -2.38. The smallest absolute Gasteiger partial charge is 0.254 e. The summed E-state index contributed by atoms with van der Waals surface area (Å²) in [6.45, 7) is 0. The summed E-state index contributed by atoms with van der Waals surface area (Å²) in [4.78, 5) is 133. The van der Waals surface area contributed by atoms with E-state index in [0.717, 1.165) is 113 Å². The first-order chi connectivity index (χ1) is 43.0. The molecule has 12 aliphatic rings. The molecule has 18 heteroatoms. The van der Waals surface area contributed by atoms with Gasteiger partial charge in [-0.15, -0.1) is 0 Å². The van der Waals surface area contributed by atoms with Crippen LogP contribution in [0.5, 0.6) is 0 Å². The molecule has 0 N–H and O–H groups in total. The Morgan fingerprint density at radius 3 is 0.659 bits per heavy atom. The molecule has 0 spiro atoms. The van der Waals surface area contributed by atoms with Crippen molar-refractivity contribution in [2.45, 2.75) is 200 Å². The van der Waals surface area contributed by atoms with E-state index in [1.165, 1.54) is 0 Å². The van der Waals surface area contributed by atoms with Crippen LogP contribution in [0.1, 0.15) is 215 Å². The highest BCUT2D eigenvalue weighted by atomic mass is 31.1. The second-order valence-corrected chi connectivity index (χ2v) is 31.3. The van der Waals surface area contributed by atoms with Crippen LogP contribution < -0.4 is 10.6 Å². The molecule has 0 aromatic heterocycles. The Kier molecular flexibility index (Phi) is 13.2. The Labute approximate surface area is 514 Å². The number of fused-ring (bicyclic) bond motifs is 10. The fraction of sp³-hybridized carbons (Fsp3) is 0.457. The van der Waals surface area contributed by atoms with E-state index >= 15 is 38.4 Å². The average Bonchev–Trinajstić information content (AvgIpc) is 1.88. The Morgan fingerprint density at radius 2 is 0.455 bits per heavy atom. The molecule has 12 aliphatic heterocycles. The average molecular weight is 1220 g/mol. The molecule has 17 rings (SSSR count). The van der Waals surface area contributed by atoms with Crippen molar-refractivity contribution in [2.24, 2.45) is 0 Å². The van der Waals surface area contributed by atoms with E-state index < -0.39 is 39.0 Å². The molecule has 5 aromatic rings. The van der Waals surface area contributed by atoms with Gasteiger partial charge in [0, 0.05) is 96.3 Å². The summed E-state index contributed by atoms with van der Waals surface area (Å²) in [5.74, 6) is -5.18. The zero-order valence-electron chi connectivity index (χ0n) is 49.4. The van der Waals surface area contributed by atoms with E-state index in [0.29, 0.717) is 44.5 Å². The maximum absolute atomic E-state index is 15.6. The number of nitrogens with zero attached hydrogens (tertiary/aromatic N) is 8. The van der Waals surface area contributed by atoms with Crippen LogP contribution in [0.4, 0.5) is 0 Å². The third-order valence-electron chi connectivity index (χ3n) is 22.6. The first-order valence-electron chi connectivity index (χ1n) is 32.6. The predicted octanol–water partition coefficient (Wildman–Crippen LogP) is 10.5. The number of hydrazine groups is 2. The number of benzene rings is 5. The highest BCUT2D eigenvalue weighted by molar-refractivity contribution is 7.73. The standard InChI is InChI=1S/C70H72N8O8P2/c79-59-37-38-60(80)76-68(54-16-6-2-12-50(54)64(84)72-43-25-26-44(72)28-27-43)87(67(75(59)76)53-15-5-1-11-49(53)63(83)71-41-21-22-42(71)24-23-41)57-19-9-10-20-58(57)88-69(55-17-7-3-13-51(55)65(85)73-45-29-30-46(73)32-31-45)77-61(81)39-40-62(82)78(77)70(88)56-18-8-4-14-52(56)66(86)74-47-33-34-48(74)36-35-47/h1-20,41-48,67-70H,21-40H2/t41?,42?,43?,44?,45?,46?,47?,48?,67-,68-,69-,70-,87?,88?/m1/s1. The predicted molar refractivity (Wildman–Crippen MR) is 331 cm³/mol. The Balaban J connectivity index is 0.925. The Morgan fingerprint density at radius 1 is 0.273 bits per heavy atom. The van der Waals surface area contributed by atoms with Crippen LogP contribution in [-0.4, -0.2) is 135 Å². The van der Waals surface area contributed by atoms with Gasteiger partial charge in [0.15, 0.2) is 0 Å². The highest BCUT2D eigenvalue weighted by Gasteiger charge is 2.62. The SMILES string of the molecule is O=C(c1ccccc1[C@@H]1N2C(=O)CCC(=O)N2[C@@H](c2ccccc2C(=O)N2C3CCC2CC3)P1c1ccccc1P1[C@H](c2ccccc2C(=O)N2C3CCC2CC3)N2C(=O)CCC(=O)N2[C@H]1c1ccccc1C(=O)N1C2CCC1CC2)N1C2CCC1CC2. The van der Waals surface area contributed by atoms with Gasteiger partial charge in [0.25, 0.3) is 23.6 Å². The lowest BCUT2D eigenvalue weighted by Crippen LogP contribution is -2.50. The zero-order chi connectivity index (χ0) is 59.4. The molecular formula is C70H72N8O8P2. The van der Waals surface area contributed by atoms with Gasteiger partial charge in [0.05, 0.1) is 0 Å². The molecule has 8 amide bonds. The molecule has 0 aliphatic carbocycles. The molecule has 5 aromatic carbocycles. The molecule has 16 nitrogen and oxygen atoms in total. The van der Waals surface area contributed by atoms with Crippen LogP contribution in [0.15, 0.2) is 121 Å². The summed E-state index contributed by atoms with van der Waals surface area (Å²) in [5, 5.41) is 8.16. The second-order valence-electron chi connectivity index (χ2n) is 26.8. The van der Waals surface area contributed by atoms with Crippen molar-refractivity contribution in [2.75, 3.05) is 0 Å². The first-order valence-corrected chi connectivity index (χ1v) is 35.6. The van der Waals surface area contributed by atoms with Crippen LogP contribution in [-0.2, 0) is 19.2 Å². The Bertz CT molecular complexity index is 3280. The quantitative estimate of drug-likeness (QED) is 0.125. The summed E-state index contributed by atoms with van der Waals surface area (Å²) in [6.07, 6.45) is 14.6. The van der Waals surface area contributed by atoms with Gasteiger partial charge in [-0.1, -0.05) is 97.1 Å². The van der Waals surface area contributed by atoms with Crippen molar-refractivity contribution in [1.29, 1.82) is 0 Å². The van der Waals surface area contributed by atoms with Gasteiger partial charge < -0.3 is 19.6 Å². The fourth-order valence-electron chi connectivity index (χ4n) is 18.9. The molecule has 4 atom stereocenters. The van der Waals surface area contributed by atoms with Crippen molar-refractivity contribution < 1.29 is 38.4 Å². The van der Waals surface area contributed by atoms with Gasteiger partial charge in [0.2, 0.25) is 23.6 Å². The number of rotatable bonds is 10. The first kappa shape index (κ1) is 54.8. The fourth-order valence-corrected chi connectivity index (χ4v) is 26.4. The molecule has 12 saturated heterocycles. The van der Waals surface area contributed by atoms with Gasteiger partial charge in [-0.05, 0) is 176 Å². The van der Waals surface area contributed by atoms with Crippen molar-refractivity contribution in [3.05, 3.63) is 166 Å². The van der Waals surface area contributed by atoms with Gasteiger partial charge in [0.1, 0.15) is 23.1 Å². The maximum atomic E-state index is 15.6. The molecule has 450 valence electrons. The van der Waals surface area contributed by atoms with Gasteiger partial charge in [-0.3, -0.25) is 38.4 Å². The van der Waals surface area contributed by atoms with E-state index in [9.17, 15) is 0 Å². The van der Waals surface area contributed by atoms with Gasteiger partial charge in [-0.25, -0.2) is 20.0 Å². The third kappa shape index (κ3) is 8.14. The van der Waals surface area contributed by atoms with E-state index in [1.54, 1.807) is 20.0 Å². The minimum atomic E-state index is -2.03. The molecule has 0 saturated carbocycles. The zero-order valence-corrected chi connectivity index (χ0v) is 51.1. The van der Waals surface area contributed by atoms with E-state index in [-0.39, 0.29) is 121 Å². The number of carbonyl (C=O) groups is 8. The van der Waals surface area contributed by atoms with Gasteiger partial charge >= 0.3 is 0 Å². The summed E-state index contributed by atoms with van der Waals surface area (Å²) < 4.78 is 0. The second kappa shape index (κ2) is 21.2. The monoisotopic (exact) mass is 1210 g/mol. The summed E-state index contributed by atoms with van der Waals surface area (Å²) in [6, 6.07) is 39.4. The van der Waals surface area contributed by atoms with Crippen molar-refractivity contribution in [3.63, 3.8) is 0 Å². The normalized spacial score (nSPS) is 32.4. The van der Waals surface area contributed by atoms with Crippen LogP contribution in [0, 0.1) is 0 Å². The Hall–Kier alpha value is -7.28. The minimum Gasteiger partial charge on any atom is -0.333 e. The lowest BCUT2D eigenvalue weighted by atomic mass is 10.0. The van der Waals surface area contributed by atoms with Gasteiger partial charge in [-0.2, -0.15) is 0 Å². The maximum Gasteiger partial charge on any atom is 0.254 e. The molecule has 88 heavy (non-hydrogen) atoms. The number of hydrogen-bond acceptors (Lipinski definition) is 8. The molecule has 12 fully saturated rings. The van der Waals surface area contributed by atoms with Crippen LogP contribution >= 0.6 is 15.8 Å². The van der Waals surface area contributed by atoms with Crippen LogP contribution in [0.25, 0.3) is 0 Å². The van der Waals surface area contributed by atoms with E-state index in [4.69, 9.17) is 0 Å². The lowest BCUT2D eigenvalue weighted by molar-refractivity contribution is -0.171. The molecule has 0 unspecified atom stereocenters. The number of amides is 8. The topological polar surface area (TPSA) is 162 Å². The summed E-state index contributed by atoms with van der Waals surface area (Å²) >= 11 is 0. The third-order valence-corrected chi connectivity index (χ3v) is 28.8. The van der Waals surface area contributed by atoms with Crippen molar-refractivity contribution >= 4 is 73.7 Å². The molecule has 0 radical (unpaired) electrons. The van der Waals surface area contributed by atoms with Crippen molar-refractivity contribution in [3.8, 4) is 0 Å². The molecular weight excluding hydrogens is 1140 g/mol. The minimum absolute atomic E-state index is 0.0500. The van der Waals surface area contributed by atoms with E-state index in [2.05, 4.69) is 31.7 Å². The van der Waals surface area contributed by atoms with E-state index in [1.807, 2.05) is 109 Å². The van der Waals surface area contributed by atoms with Crippen molar-refractivity contribution in [1.82, 2.24) is 39.6 Å². The van der Waals surface area contributed by atoms with Crippen LogP contribution in [0.3, 0.4) is 0 Å². The number of hydrogen-bond donors (Lipinski definition) is 0. The van der Waals surface area contributed by atoms with Crippen LogP contribution in [0.2, 0.25) is 0 Å². The molecule has 8 bridgehead atoms. The largest absolute Gasteiger partial charge is 0.333 e. The summed E-state index contributed by atoms with van der Waals surface area (Å²) in [5.41, 5.74) is 4.32.